The first-order chi connectivity index (χ1) is 24.0. The second-order valence-corrected chi connectivity index (χ2v) is 13.1. The number of fused-ring (bicyclic) bond motifs is 1. The van der Waals surface area contributed by atoms with E-state index < -0.39 is 5.79 Å². The fraction of sp³-hybridized carbons (Fsp3) is 0.270. The third-order valence-corrected chi connectivity index (χ3v) is 9.50. The van der Waals surface area contributed by atoms with Gasteiger partial charge < -0.3 is 23.5 Å². The Labute approximate surface area is 293 Å². The normalized spacial score (nSPS) is 19.9. The number of hydrogen-bond donors (Lipinski definition) is 0. The molecule has 4 aromatic carbocycles. The number of nitrogens with zero attached hydrogens (tertiary/aromatic N) is 6. The summed E-state index contributed by atoms with van der Waals surface area (Å²) >= 11 is 12.7. The average molecular weight is 698 g/mol. The minimum absolute atomic E-state index is 0.278. The first kappa shape index (κ1) is 31.8. The van der Waals surface area contributed by atoms with E-state index in [1.165, 1.54) is 17.6 Å². The maximum absolute atomic E-state index is 6.59. The first-order valence-corrected chi connectivity index (χ1v) is 17.0. The van der Waals surface area contributed by atoms with Gasteiger partial charge in [-0.25, -0.2) is 14.6 Å². The molecule has 2 aliphatic heterocycles. The predicted octanol–water partition coefficient (Wildman–Crippen LogP) is 7.06. The highest BCUT2D eigenvalue weighted by Crippen LogP contribution is 2.40. The van der Waals surface area contributed by atoms with Gasteiger partial charge >= 0.3 is 0 Å². The summed E-state index contributed by atoms with van der Waals surface area (Å²) in [6, 6.07) is 29.9. The van der Waals surface area contributed by atoms with Crippen molar-refractivity contribution in [3.8, 4) is 17.2 Å². The molecule has 8 rings (SSSR count). The highest BCUT2D eigenvalue weighted by molar-refractivity contribution is 6.35. The topological polar surface area (TPSA) is 90.9 Å². The SMILES string of the molecule is Clc1ccc([C@]2(Cn3cncn3)OC[C@@H](COc3ccc(N4CCN(Cc5ccc(-c6nc7ccccc7o6)cc5)CC4)cc3)O2)c(Cl)c1. The van der Waals surface area contributed by atoms with Crippen molar-refractivity contribution in [2.75, 3.05) is 44.3 Å². The van der Waals surface area contributed by atoms with E-state index in [-0.39, 0.29) is 12.6 Å². The summed E-state index contributed by atoms with van der Waals surface area (Å²) in [6.07, 6.45) is 2.77. The van der Waals surface area contributed by atoms with Gasteiger partial charge in [0.1, 0.15) is 43.2 Å². The minimum Gasteiger partial charge on any atom is -0.491 e. The van der Waals surface area contributed by atoms with Crippen LogP contribution in [0.15, 0.2) is 108 Å². The van der Waals surface area contributed by atoms with E-state index in [1.807, 2.05) is 42.5 Å². The maximum atomic E-state index is 6.59. The van der Waals surface area contributed by atoms with Crippen LogP contribution in [0.3, 0.4) is 0 Å². The van der Waals surface area contributed by atoms with Crippen LogP contribution in [-0.2, 0) is 28.4 Å². The molecule has 10 nitrogen and oxygen atoms in total. The Morgan fingerprint density at radius 2 is 1.71 bits per heavy atom. The molecule has 0 bridgehead atoms. The summed E-state index contributed by atoms with van der Waals surface area (Å²) < 4.78 is 26.5. The number of benzene rings is 4. The molecule has 0 aliphatic carbocycles. The van der Waals surface area contributed by atoms with Crippen molar-refractivity contribution in [2.24, 2.45) is 0 Å². The highest BCUT2D eigenvalue weighted by atomic mass is 35.5. The van der Waals surface area contributed by atoms with Crippen molar-refractivity contribution in [2.45, 2.75) is 25.0 Å². The third kappa shape index (κ3) is 7.01. The molecule has 49 heavy (non-hydrogen) atoms. The highest BCUT2D eigenvalue weighted by Gasteiger charge is 2.45. The molecule has 0 spiro atoms. The zero-order valence-corrected chi connectivity index (χ0v) is 28.1. The summed E-state index contributed by atoms with van der Waals surface area (Å²) in [5, 5.41) is 5.23. The van der Waals surface area contributed by atoms with Crippen LogP contribution < -0.4 is 9.64 Å². The number of halogens is 2. The number of para-hydroxylation sites is 2. The Bertz CT molecular complexity index is 1980. The molecular formula is C37H34Cl2N6O4. The Kier molecular flexibility index (Phi) is 8.96. The lowest BCUT2D eigenvalue weighted by atomic mass is 10.1. The van der Waals surface area contributed by atoms with Gasteiger partial charge in [0, 0.05) is 54.6 Å². The number of oxazole rings is 1. The van der Waals surface area contributed by atoms with E-state index in [9.17, 15) is 0 Å². The average Bonchev–Trinajstić information content (AvgIpc) is 3.89. The minimum atomic E-state index is -1.15. The molecule has 0 amide bonds. The number of anilines is 1. The standard InChI is InChI=1S/C37H34Cl2N6O4/c38-28-9-14-32(33(39)19-28)37(23-45-25-40-24-41-45)47-22-31(49-37)21-46-30-12-10-29(11-13-30)44-17-15-43(16-18-44)20-26-5-7-27(8-6-26)36-42-34-3-1-2-4-35(34)48-36/h1-14,19,24-25,31H,15-18,20-23H2/t31-,37-/m1/s1. The van der Waals surface area contributed by atoms with Crippen LogP contribution in [0.25, 0.3) is 22.6 Å². The lowest BCUT2D eigenvalue weighted by Crippen LogP contribution is -2.45. The van der Waals surface area contributed by atoms with Crippen LogP contribution in [0.1, 0.15) is 11.1 Å². The Balaban J connectivity index is 0.829. The molecule has 2 aliphatic rings. The predicted molar refractivity (Wildman–Crippen MR) is 188 cm³/mol. The van der Waals surface area contributed by atoms with Gasteiger partial charge in [-0.15, -0.1) is 0 Å². The van der Waals surface area contributed by atoms with Gasteiger partial charge in [-0.1, -0.05) is 53.5 Å². The van der Waals surface area contributed by atoms with E-state index >= 15 is 0 Å². The zero-order valence-electron chi connectivity index (χ0n) is 26.6. The largest absolute Gasteiger partial charge is 0.491 e. The molecule has 6 aromatic rings. The molecule has 250 valence electrons. The van der Waals surface area contributed by atoms with Crippen molar-refractivity contribution in [1.82, 2.24) is 24.6 Å². The molecule has 4 heterocycles. The van der Waals surface area contributed by atoms with Crippen LogP contribution in [0.4, 0.5) is 5.69 Å². The van der Waals surface area contributed by atoms with Crippen LogP contribution in [0.2, 0.25) is 10.0 Å². The lowest BCUT2D eigenvalue weighted by molar-refractivity contribution is -0.190. The van der Waals surface area contributed by atoms with E-state index in [4.69, 9.17) is 41.8 Å². The van der Waals surface area contributed by atoms with Crippen LogP contribution in [0.5, 0.6) is 5.75 Å². The monoisotopic (exact) mass is 696 g/mol. The number of aromatic nitrogens is 4. The van der Waals surface area contributed by atoms with Gasteiger partial charge in [-0.3, -0.25) is 4.90 Å². The second kappa shape index (κ2) is 13.8. The summed E-state index contributed by atoms with van der Waals surface area (Å²) in [4.78, 5) is 13.6. The molecule has 2 atom stereocenters. The molecule has 12 heteroatoms. The number of ether oxygens (including phenoxy) is 3. The molecule has 2 fully saturated rings. The molecule has 0 radical (unpaired) electrons. The molecular weight excluding hydrogens is 663 g/mol. The summed E-state index contributed by atoms with van der Waals surface area (Å²) in [6.45, 7) is 5.71. The van der Waals surface area contributed by atoms with Crippen LogP contribution in [-0.4, -0.2) is 70.1 Å². The van der Waals surface area contributed by atoms with Gasteiger partial charge in [0.15, 0.2) is 5.58 Å². The van der Waals surface area contributed by atoms with Gasteiger partial charge in [0.05, 0.1) is 11.6 Å². The van der Waals surface area contributed by atoms with Gasteiger partial charge in [-0.2, -0.15) is 5.10 Å². The first-order valence-electron chi connectivity index (χ1n) is 16.2. The Morgan fingerprint density at radius 1 is 0.898 bits per heavy atom. The fourth-order valence-electron chi connectivity index (χ4n) is 6.40. The summed E-state index contributed by atoms with van der Waals surface area (Å²) in [5.74, 6) is 0.274. The summed E-state index contributed by atoms with van der Waals surface area (Å²) in [5.41, 5.74) is 5.80. The van der Waals surface area contributed by atoms with Crippen molar-refractivity contribution in [1.29, 1.82) is 0 Å². The number of hydrogen-bond acceptors (Lipinski definition) is 9. The van der Waals surface area contributed by atoms with Crippen molar-refractivity contribution < 1.29 is 18.6 Å². The third-order valence-electron chi connectivity index (χ3n) is 8.95. The molecule has 0 N–H and O–H groups in total. The van der Waals surface area contributed by atoms with Gasteiger partial charge in [0.2, 0.25) is 11.7 Å². The Hall–Kier alpha value is -4.45. The second-order valence-electron chi connectivity index (χ2n) is 12.3. The van der Waals surface area contributed by atoms with Gasteiger partial charge in [0.25, 0.3) is 0 Å². The van der Waals surface area contributed by atoms with Crippen molar-refractivity contribution >= 4 is 40.0 Å². The van der Waals surface area contributed by atoms with E-state index in [0.29, 0.717) is 34.7 Å². The molecule has 2 saturated heterocycles. The van der Waals surface area contributed by atoms with E-state index in [2.05, 4.69) is 61.3 Å². The van der Waals surface area contributed by atoms with Crippen molar-refractivity contribution in [3.05, 3.63) is 125 Å². The molecule has 2 aromatic heterocycles. The van der Waals surface area contributed by atoms with E-state index in [1.54, 1.807) is 23.1 Å². The number of piperazine rings is 1. The van der Waals surface area contributed by atoms with Gasteiger partial charge in [-0.05, 0) is 66.2 Å². The number of rotatable bonds is 10. The Morgan fingerprint density at radius 3 is 2.47 bits per heavy atom. The van der Waals surface area contributed by atoms with Crippen molar-refractivity contribution in [3.63, 3.8) is 0 Å². The zero-order chi connectivity index (χ0) is 33.2. The van der Waals surface area contributed by atoms with Crippen LogP contribution in [0, 0.1) is 0 Å². The smallest absolute Gasteiger partial charge is 0.227 e. The van der Waals surface area contributed by atoms with Crippen LogP contribution >= 0.6 is 23.2 Å². The maximum Gasteiger partial charge on any atom is 0.227 e. The molecule has 0 saturated carbocycles. The quantitative estimate of drug-likeness (QED) is 0.149. The lowest BCUT2D eigenvalue weighted by Gasteiger charge is -2.36. The van der Waals surface area contributed by atoms with E-state index in [0.717, 1.165) is 55.1 Å². The molecule has 0 unspecified atom stereocenters. The summed E-state index contributed by atoms with van der Waals surface area (Å²) in [7, 11) is 0. The fourth-order valence-corrected chi connectivity index (χ4v) is 6.95.